The van der Waals surface area contributed by atoms with E-state index in [1.807, 2.05) is 55.5 Å². The summed E-state index contributed by atoms with van der Waals surface area (Å²) in [6, 6.07) is 15.4. The molecule has 0 unspecified atom stereocenters. The normalized spacial score (nSPS) is 10.6. The SMILES string of the molecule is Cc1cc(N)cc(Oc2cccc3ncccc23)c1. The number of rotatable bonds is 2. The summed E-state index contributed by atoms with van der Waals surface area (Å²) >= 11 is 0. The van der Waals surface area contributed by atoms with Crippen molar-refractivity contribution in [1.29, 1.82) is 0 Å². The Balaban J connectivity index is 2.05. The minimum Gasteiger partial charge on any atom is -0.457 e. The zero-order chi connectivity index (χ0) is 13.2. The number of aromatic nitrogens is 1. The first kappa shape index (κ1) is 11.5. The van der Waals surface area contributed by atoms with Crippen LogP contribution in [-0.2, 0) is 0 Å². The molecule has 1 aromatic heterocycles. The number of hydrogen-bond acceptors (Lipinski definition) is 3. The van der Waals surface area contributed by atoms with Crippen molar-refractivity contribution in [2.75, 3.05) is 5.73 Å². The molecule has 1 heterocycles. The van der Waals surface area contributed by atoms with E-state index in [-0.39, 0.29) is 0 Å². The van der Waals surface area contributed by atoms with E-state index in [1.165, 1.54) is 0 Å². The number of nitrogens with zero attached hydrogens (tertiary/aromatic N) is 1. The Hall–Kier alpha value is -2.55. The average Bonchev–Trinajstić information content (AvgIpc) is 2.38. The van der Waals surface area contributed by atoms with E-state index in [1.54, 1.807) is 6.20 Å². The van der Waals surface area contributed by atoms with Gasteiger partial charge in [-0.15, -0.1) is 0 Å². The van der Waals surface area contributed by atoms with Crippen LogP contribution in [0.4, 0.5) is 5.69 Å². The average molecular weight is 250 g/mol. The summed E-state index contributed by atoms with van der Waals surface area (Å²) in [7, 11) is 0. The van der Waals surface area contributed by atoms with Gasteiger partial charge in [0.1, 0.15) is 11.5 Å². The maximum Gasteiger partial charge on any atom is 0.136 e. The lowest BCUT2D eigenvalue weighted by Crippen LogP contribution is -1.91. The van der Waals surface area contributed by atoms with Gasteiger partial charge in [0, 0.05) is 23.3 Å². The van der Waals surface area contributed by atoms with Gasteiger partial charge in [-0.1, -0.05) is 6.07 Å². The molecule has 2 N–H and O–H groups in total. The summed E-state index contributed by atoms with van der Waals surface area (Å²) in [6.45, 7) is 1.99. The maximum absolute atomic E-state index is 5.93. The number of hydrogen-bond donors (Lipinski definition) is 1. The second kappa shape index (κ2) is 4.61. The number of benzene rings is 2. The molecule has 0 aliphatic carbocycles. The quantitative estimate of drug-likeness (QED) is 0.701. The number of ether oxygens (including phenoxy) is 1. The first-order valence-corrected chi connectivity index (χ1v) is 6.11. The topological polar surface area (TPSA) is 48.1 Å². The predicted octanol–water partition coefficient (Wildman–Crippen LogP) is 3.92. The summed E-state index contributed by atoms with van der Waals surface area (Å²) < 4.78 is 5.93. The van der Waals surface area contributed by atoms with Gasteiger partial charge >= 0.3 is 0 Å². The van der Waals surface area contributed by atoms with Gasteiger partial charge in [0.25, 0.3) is 0 Å². The van der Waals surface area contributed by atoms with E-state index in [9.17, 15) is 0 Å². The number of aryl methyl sites for hydroxylation is 1. The number of anilines is 1. The van der Waals surface area contributed by atoms with E-state index in [4.69, 9.17) is 10.5 Å². The van der Waals surface area contributed by atoms with Crippen LogP contribution >= 0.6 is 0 Å². The molecule has 0 amide bonds. The lowest BCUT2D eigenvalue weighted by Gasteiger charge is -2.10. The van der Waals surface area contributed by atoms with E-state index in [0.29, 0.717) is 5.69 Å². The summed E-state index contributed by atoms with van der Waals surface area (Å²) in [5.41, 5.74) is 8.53. The first-order chi connectivity index (χ1) is 9.22. The summed E-state index contributed by atoms with van der Waals surface area (Å²) in [6.07, 6.45) is 1.77. The maximum atomic E-state index is 5.93. The van der Waals surface area contributed by atoms with Crippen molar-refractivity contribution in [3.05, 3.63) is 60.3 Å². The molecular formula is C16H14N2O. The van der Waals surface area contributed by atoms with Crippen LogP contribution < -0.4 is 10.5 Å². The highest BCUT2D eigenvalue weighted by Gasteiger charge is 2.04. The van der Waals surface area contributed by atoms with Crippen LogP contribution in [0.3, 0.4) is 0 Å². The molecule has 19 heavy (non-hydrogen) atoms. The molecule has 3 rings (SSSR count). The molecule has 0 fully saturated rings. The molecule has 0 atom stereocenters. The number of nitrogens with two attached hydrogens (primary N) is 1. The summed E-state index contributed by atoms with van der Waals surface area (Å²) in [4.78, 5) is 4.31. The lowest BCUT2D eigenvalue weighted by atomic mass is 10.2. The monoisotopic (exact) mass is 250 g/mol. The van der Waals surface area contributed by atoms with Gasteiger partial charge in [0.05, 0.1) is 5.52 Å². The summed E-state index contributed by atoms with van der Waals surface area (Å²) in [5, 5.41) is 0.991. The van der Waals surface area contributed by atoms with Gasteiger partial charge in [-0.3, -0.25) is 4.98 Å². The Kier molecular flexibility index (Phi) is 2.80. The zero-order valence-corrected chi connectivity index (χ0v) is 10.6. The molecule has 94 valence electrons. The third-order valence-electron chi connectivity index (χ3n) is 2.91. The van der Waals surface area contributed by atoms with Gasteiger partial charge in [0.15, 0.2) is 0 Å². The highest BCUT2D eigenvalue weighted by molar-refractivity contribution is 5.85. The molecular weight excluding hydrogens is 236 g/mol. The zero-order valence-electron chi connectivity index (χ0n) is 10.6. The lowest BCUT2D eigenvalue weighted by molar-refractivity contribution is 0.488. The first-order valence-electron chi connectivity index (χ1n) is 6.11. The van der Waals surface area contributed by atoms with Crippen LogP contribution in [0.5, 0.6) is 11.5 Å². The highest BCUT2D eigenvalue weighted by atomic mass is 16.5. The predicted molar refractivity (Wildman–Crippen MR) is 77.4 cm³/mol. The molecule has 0 saturated carbocycles. The van der Waals surface area contributed by atoms with Gasteiger partial charge in [-0.25, -0.2) is 0 Å². The molecule has 0 radical (unpaired) electrons. The molecule has 3 aromatic rings. The van der Waals surface area contributed by atoms with E-state index < -0.39 is 0 Å². The molecule has 3 nitrogen and oxygen atoms in total. The highest BCUT2D eigenvalue weighted by Crippen LogP contribution is 2.30. The summed E-state index contributed by atoms with van der Waals surface area (Å²) in [5.74, 6) is 1.53. The van der Waals surface area contributed by atoms with Crippen LogP contribution in [0.25, 0.3) is 10.9 Å². The van der Waals surface area contributed by atoms with Crippen LogP contribution in [-0.4, -0.2) is 4.98 Å². The fourth-order valence-corrected chi connectivity index (χ4v) is 2.13. The second-order valence-electron chi connectivity index (χ2n) is 4.51. The Morgan fingerprint density at radius 3 is 2.79 bits per heavy atom. The van der Waals surface area contributed by atoms with Crippen molar-refractivity contribution in [1.82, 2.24) is 4.98 Å². The van der Waals surface area contributed by atoms with E-state index in [2.05, 4.69) is 4.98 Å². The van der Waals surface area contributed by atoms with Crippen molar-refractivity contribution in [2.24, 2.45) is 0 Å². The number of nitrogen functional groups attached to an aromatic ring is 1. The number of pyridine rings is 1. The smallest absolute Gasteiger partial charge is 0.136 e. The molecule has 3 heteroatoms. The van der Waals surface area contributed by atoms with Gasteiger partial charge in [-0.05, 0) is 48.9 Å². The van der Waals surface area contributed by atoms with Gasteiger partial charge < -0.3 is 10.5 Å². The Morgan fingerprint density at radius 2 is 1.95 bits per heavy atom. The molecule has 2 aromatic carbocycles. The second-order valence-corrected chi connectivity index (χ2v) is 4.51. The van der Waals surface area contributed by atoms with Crippen molar-refractivity contribution in [3.63, 3.8) is 0 Å². The van der Waals surface area contributed by atoms with Gasteiger partial charge in [0.2, 0.25) is 0 Å². The minimum atomic E-state index is 0.702. The molecule has 0 bridgehead atoms. The fraction of sp³-hybridized carbons (Fsp3) is 0.0625. The minimum absolute atomic E-state index is 0.702. The standard InChI is InChI=1S/C16H14N2O/c1-11-8-12(17)10-13(9-11)19-16-6-2-5-15-14(16)4-3-7-18-15/h2-10H,17H2,1H3. The third kappa shape index (κ3) is 2.36. The third-order valence-corrected chi connectivity index (χ3v) is 2.91. The Labute approximate surface area is 111 Å². The van der Waals surface area contributed by atoms with Crippen LogP contribution in [0, 0.1) is 6.92 Å². The van der Waals surface area contributed by atoms with E-state index in [0.717, 1.165) is 28.0 Å². The molecule has 0 aliphatic heterocycles. The largest absolute Gasteiger partial charge is 0.457 e. The van der Waals surface area contributed by atoms with Gasteiger partial charge in [-0.2, -0.15) is 0 Å². The van der Waals surface area contributed by atoms with Crippen LogP contribution in [0.15, 0.2) is 54.7 Å². The van der Waals surface area contributed by atoms with Crippen LogP contribution in [0.2, 0.25) is 0 Å². The van der Waals surface area contributed by atoms with Crippen molar-refractivity contribution in [3.8, 4) is 11.5 Å². The van der Waals surface area contributed by atoms with Crippen molar-refractivity contribution >= 4 is 16.6 Å². The Bertz CT molecular complexity index is 712. The van der Waals surface area contributed by atoms with Crippen LogP contribution in [0.1, 0.15) is 5.56 Å². The molecule has 0 aliphatic rings. The van der Waals surface area contributed by atoms with Crippen molar-refractivity contribution in [2.45, 2.75) is 6.92 Å². The fourth-order valence-electron chi connectivity index (χ4n) is 2.13. The molecule has 0 saturated heterocycles. The Morgan fingerprint density at radius 1 is 1.05 bits per heavy atom. The van der Waals surface area contributed by atoms with E-state index >= 15 is 0 Å². The molecule has 0 spiro atoms. The number of fused-ring (bicyclic) bond motifs is 1. The van der Waals surface area contributed by atoms with Crippen molar-refractivity contribution < 1.29 is 4.74 Å².